The lowest BCUT2D eigenvalue weighted by atomic mass is 9.78. The number of ether oxygens (including phenoxy) is 1. The highest BCUT2D eigenvalue weighted by Gasteiger charge is 2.52. The number of benzene rings is 1. The van der Waals surface area contributed by atoms with Crippen molar-refractivity contribution >= 4 is 21.6 Å². The van der Waals surface area contributed by atoms with Crippen molar-refractivity contribution in [3.8, 4) is 0 Å². The van der Waals surface area contributed by atoms with Crippen molar-refractivity contribution in [2.24, 2.45) is 22.4 Å². The van der Waals surface area contributed by atoms with Gasteiger partial charge in [-0.05, 0) is 25.1 Å². The van der Waals surface area contributed by atoms with Gasteiger partial charge in [0.1, 0.15) is 17.4 Å². The van der Waals surface area contributed by atoms with Crippen LogP contribution in [0.2, 0.25) is 0 Å². The predicted molar refractivity (Wildman–Crippen MR) is 85.8 cm³/mol. The molecule has 0 radical (unpaired) electrons. The fraction of sp³-hybridized carbons (Fsp3) is 0.467. The van der Waals surface area contributed by atoms with E-state index in [1.54, 1.807) is 6.92 Å². The van der Waals surface area contributed by atoms with Crippen LogP contribution in [0.4, 0.5) is 4.39 Å². The summed E-state index contributed by atoms with van der Waals surface area (Å²) < 4.78 is 44.8. The SMILES string of the molecule is C[C@]1(c2cc(C(N)=O)ccc2F)N=C(N)CS(=O)(=O)[C@H]2COC[C@@H]21. The molecule has 0 aromatic heterocycles. The standard InChI is InChI=1S/C15H18FN3O4S/c1-15(9-4-8(14(18)20)2-3-11(9)16)10-5-23-6-12(10)24(21,22)7-13(17)19-15/h2-4,10,12H,5-7H2,1H3,(H2,17,19)(H2,18,20)/t10-,12-,15+/m0/s1. The second kappa shape index (κ2) is 5.52. The molecule has 2 aliphatic rings. The average molecular weight is 355 g/mol. The summed E-state index contributed by atoms with van der Waals surface area (Å²) in [4.78, 5) is 15.8. The minimum atomic E-state index is -3.56. The zero-order valence-electron chi connectivity index (χ0n) is 13.0. The Hall–Kier alpha value is -2.00. The maximum atomic E-state index is 14.5. The molecule has 0 spiro atoms. The number of hydrogen-bond donors (Lipinski definition) is 2. The predicted octanol–water partition coefficient (Wildman–Crippen LogP) is -0.0596. The van der Waals surface area contributed by atoms with Crippen molar-refractivity contribution in [3.05, 3.63) is 35.1 Å². The molecule has 1 aromatic rings. The van der Waals surface area contributed by atoms with Gasteiger partial charge in [-0.25, -0.2) is 12.8 Å². The molecule has 2 heterocycles. The third-order valence-corrected chi connectivity index (χ3v) is 6.82. The zero-order chi connectivity index (χ0) is 17.7. The molecule has 1 amide bonds. The highest BCUT2D eigenvalue weighted by atomic mass is 32.2. The molecule has 2 aliphatic heterocycles. The van der Waals surface area contributed by atoms with Gasteiger partial charge < -0.3 is 16.2 Å². The molecule has 1 fully saturated rings. The van der Waals surface area contributed by atoms with Gasteiger partial charge in [-0.15, -0.1) is 0 Å². The van der Waals surface area contributed by atoms with E-state index in [0.717, 1.165) is 6.07 Å². The molecule has 130 valence electrons. The Morgan fingerprint density at radius 3 is 2.79 bits per heavy atom. The van der Waals surface area contributed by atoms with E-state index in [1.165, 1.54) is 12.1 Å². The molecule has 0 unspecified atom stereocenters. The number of amides is 1. The van der Waals surface area contributed by atoms with Crippen LogP contribution in [-0.2, 0) is 20.1 Å². The number of carbonyl (C=O) groups excluding carboxylic acids is 1. The van der Waals surface area contributed by atoms with Crippen LogP contribution in [0.5, 0.6) is 0 Å². The van der Waals surface area contributed by atoms with Crippen molar-refractivity contribution in [1.82, 2.24) is 0 Å². The van der Waals surface area contributed by atoms with E-state index in [2.05, 4.69) is 4.99 Å². The number of aliphatic imine (C=N–C) groups is 1. The number of sulfone groups is 1. The first kappa shape index (κ1) is 16.8. The van der Waals surface area contributed by atoms with E-state index < -0.39 is 44.0 Å². The van der Waals surface area contributed by atoms with Crippen LogP contribution in [0.15, 0.2) is 23.2 Å². The van der Waals surface area contributed by atoms with Crippen molar-refractivity contribution in [1.29, 1.82) is 0 Å². The summed E-state index contributed by atoms with van der Waals surface area (Å²) in [7, 11) is -3.56. The van der Waals surface area contributed by atoms with Crippen molar-refractivity contribution in [2.75, 3.05) is 19.0 Å². The quantitative estimate of drug-likeness (QED) is 0.769. The van der Waals surface area contributed by atoms with Gasteiger partial charge in [-0.2, -0.15) is 0 Å². The number of carbonyl (C=O) groups is 1. The topological polar surface area (TPSA) is 125 Å². The van der Waals surface area contributed by atoms with Crippen molar-refractivity contribution in [3.63, 3.8) is 0 Å². The molecule has 24 heavy (non-hydrogen) atoms. The molecule has 4 N–H and O–H groups in total. The largest absolute Gasteiger partial charge is 0.387 e. The molecule has 9 heteroatoms. The second-order valence-electron chi connectivity index (χ2n) is 6.30. The Balaban J connectivity index is 2.23. The van der Waals surface area contributed by atoms with Gasteiger partial charge in [-0.1, -0.05) is 0 Å². The highest BCUT2D eigenvalue weighted by Crippen LogP contribution is 2.43. The Labute approximate surface area is 138 Å². The van der Waals surface area contributed by atoms with E-state index in [9.17, 15) is 17.6 Å². The minimum absolute atomic E-state index is 0.0164. The van der Waals surface area contributed by atoms with Crippen molar-refractivity contribution in [2.45, 2.75) is 17.7 Å². The monoisotopic (exact) mass is 355 g/mol. The Morgan fingerprint density at radius 1 is 1.42 bits per heavy atom. The van der Waals surface area contributed by atoms with Crippen LogP contribution in [-0.4, -0.2) is 44.4 Å². The summed E-state index contributed by atoms with van der Waals surface area (Å²) in [6.07, 6.45) is 0. The van der Waals surface area contributed by atoms with Gasteiger partial charge in [0, 0.05) is 17.0 Å². The molecular formula is C15H18FN3O4S. The van der Waals surface area contributed by atoms with Gasteiger partial charge in [-0.3, -0.25) is 9.79 Å². The number of fused-ring (bicyclic) bond motifs is 1. The normalized spacial score (nSPS) is 31.8. The fourth-order valence-corrected chi connectivity index (χ4v) is 5.30. The molecule has 0 aliphatic carbocycles. The van der Waals surface area contributed by atoms with Crippen molar-refractivity contribution < 1.29 is 22.3 Å². The Bertz CT molecular complexity index is 839. The summed E-state index contributed by atoms with van der Waals surface area (Å²) in [5.41, 5.74) is 9.99. The van der Waals surface area contributed by atoms with Gasteiger partial charge in [0.2, 0.25) is 5.91 Å². The number of amidine groups is 1. The van der Waals surface area contributed by atoms with E-state index in [4.69, 9.17) is 16.2 Å². The van der Waals surface area contributed by atoms with Crippen LogP contribution in [0.1, 0.15) is 22.8 Å². The number of hydrogen-bond acceptors (Lipinski definition) is 6. The Kier molecular flexibility index (Phi) is 3.88. The molecular weight excluding hydrogens is 337 g/mol. The van der Waals surface area contributed by atoms with E-state index in [1.807, 2.05) is 0 Å². The second-order valence-corrected chi connectivity index (χ2v) is 8.52. The number of nitrogens with zero attached hydrogens (tertiary/aromatic N) is 1. The zero-order valence-corrected chi connectivity index (χ0v) is 13.8. The highest BCUT2D eigenvalue weighted by molar-refractivity contribution is 7.92. The van der Waals surface area contributed by atoms with Gasteiger partial charge in [0.25, 0.3) is 0 Å². The molecule has 7 nitrogen and oxygen atoms in total. The van der Waals surface area contributed by atoms with Gasteiger partial charge >= 0.3 is 0 Å². The first-order valence-electron chi connectivity index (χ1n) is 7.38. The summed E-state index contributed by atoms with van der Waals surface area (Å²) in [5, 5.41) is -0.830. The van der Waals surface area contributed by atoms with Crippen LogP contribution >= 0.6 is 0 Å². The molecule has 3 atom stereocenters. The summed E-state index contributed by atoms with van der Waals surface area (Å²) in [6, 6.07) is 3.70. The van der Waals surface area contributed by atoms with E-state index in [-0.39, 0.29) is 30.2 Å². The van der Waals surface area contributed by atoms with Crippen LogP contribution in [0, 0.1) is 11.7 Å². The number of nitrogens with two attached hydrogens (primary N) is 2. The number of primary amides is 1. The van der Waals surface area contributed by atoms with Crippen LogP contribution in [0.25, 0.3) is 0 Å². The van der Waals surface area contributed by atoms with E-state index in [0.29, 0.717) is 0 Å². The summed E-state index contributed by atoms with van der Waals surface area (Å²) in [6.45, 7) is 1.73. The van der Waals surface area contributed by atoms with Crippen LogP contribution in [0.3, 0.4) is 0 Å². The number of halogens is 1. The minimum Gasteiger partial charge on any atom is -0.387 e. The Morgan fingerprint density at radius 2 is 2.12 bits per heavy atom. The first-order valence-corrected chi connectivity index (χ1v) is 9.10. The molecule has 1 aromatic carbocycles. The maximum Gasteiger partial charge on any atom is 0.248 e. The lowest BCUT2D eigenvalue weighted by molar-refractivity contribution is 0.1000. The third kappa shape index (κ3) is 2.57. The maximum absolute atomic E-state index is 14.5. The number of rotatable bonds is 2. The lowest BCUT2D eigenvalue weighted by Crippen LogP contribution is -2.41. The van der Waals surface area contributed by atoms with Crippen LogP contribution < -0.4 is 11.5 Å². The third-order valence-electron chi connectivity index (χ3n) is 4.73. The average Bonchev–Trinajstić information content (AvgIpc) is 2.94. The van der Waals surface area contributed by atoms with Gasteiger partial charge in [0.05, 0.1) is 24.0 Å². The lowest BCUT2D eigenvalue weighted by Gasteiger charge is -2.33. The smallest absolute Gasteiger partial charge is 0.248 e. The summed E-state index contributed by atoms with van der Waals surface area (Å²) in [5.74, 6) is -2.41. The fourth-order valence-electron chi connectivity index (χ4n) is 3.47. The van der Waals surface area contributed by atoms with E-state index >= 15 is 0 Å². The molecule has 3 rings (SSSR count). The summed E-state index contributed by atoms with van der Waals surface area (Å²) >= 11 is 0. The first-order chi connectivity index (χ1) is 11.1. The molecule has 0 saturated carbocycles. The molecule has 1 saturated heterocycles. The molecule has 0 bridgehead atoms. The van der Waals surface area contributed by atoms with Gasteiger partial charge in [0.15, 0.2) is 9.84 Å².